The summed E-state index contributed by atoms with van der Waals surface area (Å²) >= 11 is 8.82. The summed E-state index contributed by atoms with van der Waals surface area (Å²) in [5.41, 5.74) is 3.56. The van der Waals surface area contributed by atoms with Crippen LogP contribution in [0.15, 0.2) is 76.6 Å². The molecule has 4 aromatic rings. The Morgan fingerprint density at radius 2 is 1.84 bits per heavy atom. The van der Waals surface area contributed by atoms with E-state index in [1.807, 2.05) is 26.0 Å². The molecule has 1 aromatic heterocycles. The van der Waals surface area contributed by atoms with Crippen molar-refractivity contribution < 1.29 is 19.1 Å². The second kappa shape index (κ2) is 10.7. The fourth-order valence-corrected chi connectivity index (χ4v) is 6.26. The number of nitrogens with zero attached hydrogens (tertiary/aromatic N) is 3. The number of hydrogen-bond acceptors (Lipinski definition) is 7. The number of aliphatic hydroxyl groups excluding tert-OH is 1. The Bertz CT molecular complexity index is 1590. The van der Waals surface area contributed by atoms with E-state index in [-0.39, 0.29) is 22.3 Å². The number of carbonyl (C=O) groups is 2. The first-order valence-corrected chi connectivity index (χ1v) is 13.8. The van der Waals surface area contributed by atoms with Crippen LogP contribution in [0, 0.1) is 19.7 Å². The van der Waals surface area contributed by atoms with E-state index < -0.39 is 17.7 Å². The van der Waals surface area contributed by atoms with Gasteiger partial charge in [-0.25, -0.2) is 4.39 Å². The van der Waals surface area contributed by atoms with Gasteiger partial charge in [-0.2, -0.15) is 0 Å². The summed E-state index contributed by atoms with van der Waals surface area (Å²) in [5.74, 6) is -1.67. The van der Waals surface area contributed by atoms with Crippen LogP contribution in [0.2, 0.25) is 5.02 Å². The highest BCUT2D eigenvalue weighted by Gasteiger charge is 2.48. The van der Waals surface area contributed by atoms with Crippen LogP contribution in [-0.2, 0) is 15.3 Å². The highest BCUT2D eigenvalue weighted by molar-refractivity contribution is 8.00. The second-order valence-electron chi connectivity index (χ2n) is 8.81. The lowest BCUT2D eigenvalue weighted by atomic mass is 9.93. The van der Waals surface area contributed by atoms with E-state index in [2.05, 4.69) is 10.2 Å². The van der Waals surface area contributed by atoms with Crippen LogP contribution >= 0.6 is 34.7 Å². The third-order valence-electron chi connectivity index (χ3n) is 6.13. The number of halogens is 2. The van der Waals surface area contributed by atoms with Crippen LogP contribution in [0.25, 0.3) is 5.76 Å². The number of rotatable bonds is 6. The SMILES string of the molecule is Cc1ccc(C)c(/C(O)=C2\C(=O)C(=O)N(c3nnc(SCc4ccc(F)cc4)s3)C2c2cccc(Cl)c2)c1. The first kappa shape index (κ1) is 26.1. The van der Waals surface area contributed by atoms with Crippen molar-refractivity contribution >= 4 is 57.3 Å². The average Bonchev–Trinajstić information content (AvgIpc) is 3.47. The normalized spacial score (nSPS) is 16.8. The molecule has 0 aliphatic carbocycles. The predicted molar refractivity (Wildman–Crippen MR) is 148 cm³/mol. The van der Waals surface area contributed by atoms with Crippen LogP contribution in [0.4, 0.5) is 9.52 Å². The summed E-state index contributed by atoms with van der Waals surface area (Å²) in [7, 11) is 0. The zero-order valence-corrected chi connectivity index (χ0v) is 22.7. The molecule has 38 heavy (non-hydrogen) atoms. The maximum atomic E-state index is 13.4. The molecule has 1 aliphatic rings. The molecule has 0 radical (unpaired) electrons. The zero-order chi connectivity index (χ0) is 27.0. The largest absolute Gasteiger partial charge is 0.507 e. The quantitative estimate of drug-likeness (QED) is 0.0903. The first-order valence-electron chi connectivity index (χ1n) is 11.6. The van der Waals surface area contributed by atoms with Gasteiger partial charge in [0.15, 0.2) is 4.34 Å². The van der Waals surface area contributed by atoms with Crippen LogP contribution in [0.1, 0.15) is 33.9 Å². The molecule has 1 unspecified atom stereocenters. The van der Waals surface area contributed by atoms with Gasteiger partial charge in [0.25, 0.3) is 5.78 Å². The van der Waals surface area contributed by atoms with Crippen molar-refractivity contribution in [3.05, 3.63) is 111 Å². The Kier molecular flexibility index (Phi) is 7.34. The smallest absolute Gasteiger partial charge is 0.301 e. The zero-order valence-electron chi connectivity index (χ0n) is 20.3. The monoisotopic (exact) mass is 565 g/mol. The van der Waals surface area contributed by atoms with Gasteiger partial charge in [0, 0.05) is 16.3 Å². The summed E-state index contributed by atoms with van der Waals surface area (Å²) < 4.78 is 13.8. The van der Waals surface area contributed by atoms with E-state index in [1.165, 1.54) is 28.8 Å². The molecule has 10 heteroatoms. The number of hydrogen-bond donors (Lipinski definition) is 1. The van der Waals surface area contributed by atoms with Gasteiger partial charge in [-0.3, -0.25) is 14.5 Å². The van der Waals surface area contributed by atoms with Crippen molar-refractivity contribution in [3.63, 3.8) is 0 Å². The third kappa shape index (κ3) is 5.09. The Labute approximate surface area is 231 Å². The van der Waals surface area contributed by atoms with Crippen molar-refractivity contribution in [2.24, 2.45) is 0 Å². The number of aryl methyl sites for hydroxylation is 2. The molecule has 1 N–H and O–H groups in total. The lowest BCUT2D eigenvalue weighted by Crippen LogP contribution is -2.29. The number of anilines is 1. The molecule has 0 spiro atoms. The molecule has 2 heterocycles. The molecule has 0 bridgehead atoms. The fraction of sp³-hybridized carbons (Fsp3) is 0.143. The van der Waals surface area contributed by atoms with Crippen molar-refractivity contribution in [3.8, 4) is 0 Å². The van der Waals surface area contributed by atoms with Gasteiger partial charge in [-0.1, -0.05) is 76.7 Å². The number of carbonyl (C=O) groups excluding carboxylic acids is 2. The van der Waals surface area contributed by atoms with E-state index in [0.717, 1.165) is 28.0 Å². The Hall–Kier alpha value is -3.53. The summed E-state index contributed by atoms with van der Waals surface area (Å²) in [4.78, 5) is 28.0. The molecule has 1 fully saturated rings. The number of amides is 1. The molecule has 3 aromatic carbocycles. The van der Waals surface area contributed by atoms with Gasteiger partial charge in [0.1, 0.15) is 11.6 Å². The minimum Gasteiger partial charge on any atom is -0.507 e. The Balaban J connectivity index is 1.56. The summed E-state index contributed by atoms with van der Waals surface area (Å²) in [6, 6.07) is 17.6. The lowest BCUT2D eigenvalue weighted by Gasteiger charge is -2.23. The molecule has 1 saturated heterocycles. The van der Waals surface area contributed by atoms with Gasteiger partial charge >= 0.3 is 5.91 Å². The van der Waals surface area contributed by atoms with Crippen LogP contribution in [0.3, 0.4) is 0 Å². The summed E-state index contributed by atoms with van der Waals surface area (Å²) in [6.07, 6.45) is 0. The maximum absolute atomic E-state index is 13.4. The molecule has 6 nitrogen and oxygen atoms in total. The van der Waals surface area contributed by atoms with E-state index in [1.54, 1.807) is 42.5 Å². The van der Waals surface area contributed by atoms with E-state index in [4.69, 9.17) is 11.6 Å². The van der Waals surface area contributed by atoms with Gasteiger partial charge in [-0.05, 0) is 60.9 Å². The Morgan fingerprint density at radius 3 is 2.58 bits per heavy atom. The molecular weight excluding hydrogens is 545 g/mol. The number of thioether (sulfide) groups is 1. The number of ketones is 1. The molecular formula is C28H21ClFN3O3S2. The van der Waals surface area contributed by atoms with Crippen LogP contribution in [-0.4, -0.2) is 27.0 Å². The Morgan fingerprint density at radius 1 is 1.08 bits per heavy atom. The van der Waals surface area contributed by atoms with Gasteiger partial charge in [0.2, 0.25) is 5.13 Å². The highest BCUT2D eigenvalue weighted by Crippen LogP contribution is 2.44. The van der Waals surface area contributed by atoms with Crippen LogP contribution in [0.5, 0.6) is 0 Å². The number of benzene rings is 3. The number of aliphatic hydroxyl groups is 1. The topological polar surface area (TPSA) is 83.4 Å². The molecule has 0 saturated carbocycles. The predicted octanol–water partition coefficient (Wildman–Crippen LogP) is 6.87. The van der Waals surface area contributed by atoms with Crippen molar-refractivity contribution in [1.29, 1.82) is 0 Å². The molecule has 1 aliphatic heterocycles. The lowest BCUT2D eigenvalue weighted by molar-refractivity contribution is -0.132. The molecule has 1 amide bonds. The van der Waals surface area contributed by atoms with Crippen LogP contribution < -0.4 is 4.90 Å². The summed E-state index contributed by atoms with van der Waals surface area (Å²) in [5, 5.41) is 20.5. The average molecular weight is 566 g/mol. The molecule has 192 valence electrons. The van der Waals surface area contributed by atoms with Gasteiger partial charge in [-0.15, -0.1) is 10.2 Å². The standard InChI is InChI=1S/C28H21ClFN3O3S2/c1-15-6-7-16(2)21(12-15)24(34)22-23(18-4-3-5-19(29)13-18)33(26(36)25(22)35)27-31-32-28(38-27)37-14-17-8-10-20(30)11-9-17/h3-13,23,34H,14H2,1-2H3/b24-22+. The van der Waals surface area contributed by atoms with Gasteiger partial charge in [0.05, 0.1) is 11.6 Å². The highest BCUT2D eigenvalue weighted by atomic mass is 35.5. The minimum absolute atomic E-state index is 0.0401. The van der Waals surface area contributed by atoms with E-state index in [0.29, 0.717) is 26.2 Å². The number of Topliss-reactive ketones (excluding diaryl/α,β-unsaturated/α-hetero) is 1. The number of aromatic nitrogens is 2. The second-order valence-corrected chi connectivity index (χ2v) is 11.4. The van der Waals surface area contributed by atoms with Crippen molar-refractivity contribution in [2.75, 3.05) is 4.90 Å². The maximum Gasteiger partial charge on any atom is 0.301 e. The molecule has 1 atom stereocenters. The fourth-order valence-electron chi connectivity index (χ4n) is 4.24. The van der Waals surface area contributed by atoms with Gasteiger partial charge < -0.3 is 5.11 Å². The van der Waals surface area contributed by atoms with E-state index >= 15 is 0 Å². The molecule has 5 rings (SSSR count). The van der Waals surface area contributed by atoms with Crippen molar-refractivity contribution in [2.45, 2.75) is 30.0 Å². The van der Waals surface area contributed by atoms with Crippen molar-refractivity contribution in [1.82, 2.24) is 10.2 Å². The first-order chi connectivity index (χ1) is 18.2. The van der Waals surface area contributed by atoms with E-state index in [9.17, 15) is 19.1 Å². The minimum atomic E-state index is -0.948. The summed E-state index contributed by atoms with van der Waals surface area (Å²) in [6.45, 7) is 3.71. The third-order valence-corrected chi connectivity index (χ3v) is 8.50.